The highest BCUT2D eigenvalue weighted by Gasteiger charge is 2.08. The summed E-state index contributed by atoms with van der Waals surface area (Å²) in [7, 11) is 0. The van der Waals surface area contributed by atoms with Crippen LogP contribution in [0, 0.1) is 0 Å². The van der Waals surface area contributed by atoms with Crippen LogP contribution in [0.1, 0.15) is 83.5 Å². The zero-order valence-corrected chi connectivity index (χ0v) is 12.3. The molecule has 1 fully saturated rings. The first-order valence-corrected chi connectivity index (χ1v) is 8.28. The van der Waals surface area contributed by atoms with Gasteiger partial charge in [0.05, 0.1) is 0 Å². The molecule has 0 bridgehead atoms. The third kappa shape index (κ3) is 8.74. The SMILES string of the molecule is C=CCCCNC1CCCCCCCCCCC1. The minimum Gasteiger partial charge on any atom is -0.314 e. The highest BCUT2D eigenvalue weighted by Crippen LogP contribution is 2.16. The van der Waals surface area contributed by atoms with E-state index in [1.165, 1.54) is 83.6 Å². The van der Waals surface area contributed by atoms with Crippen LogP contribution >= 0.6 is 0 Å². The second-order valence-corrected chi connectivity index (χ2v) is 5.84. The molecule has 0 atom stereocenters. The maximum atomic E-state index is 3.79. The van der Waals surface area contributed by atoms with Gasteiger partial charge in [0.25, 0.3) is 0 Å². The van der Waals surface area contributed by atoms with Gasteiger partial charge in [-0.1, -0.05) is 63.9 Å². The van der Waals surface area contributed by atoms with Crippen molar-refractivity contribution in [2.75, 3.05) is 6.54 Å². The fourth-order valence-corrected chi connectivity index (χ4v) is 2.92. The monoisotopic (exact) mass is 251 g/mol. The molecule has 0 aromatic rings. The second kappa shape index (κ2) is 11.8. The summed E-state index contributed by atoms with van der Waals surface area (Å²) in [6, 6.07) is 0.786. The second-order valence-electron chi connectivity index (χ2n) is 5.84. The van der Waals surface area contributed by atoms with Crippen LogP contribution < -0.4 is 5.32 Å². The van der Waals surface area contributed by atoms with Crippen molar-refractivity contribution in [1.82, 2.24) is 5.32 Å². The van der Waals surface area contributed by atoms with Crippen molar-refractivity contribution >= 4 is 0 Å². The predicted octanol–water partition coefficient (Wildman–Crippen LogP) is 5.22. The first-order chi connectivity index (χ1) is 8.93. The highest BCUT2D eigenvalue weighted by atomic mass is 14.9. The van der Waals surface area contributed by atoms with E-state index >= 15 is 0 Å². The number of nitrogens with one attached hydrogen (secondary N) is 1. The van der Waals surface area contributed by atoms with Gasteiger partial charge in [-0.05, 0) is 32.2 Å². The minimum atomic E-state index is 0.786. The van der Waals surface area contributed by atoms with Gasteiger partial charge in [-0.3, -0.25) is 0 Å². The molecule has 0 aromatic heterocycles. The fourth-order valence-electron chi connectivity index (χ4n) is 2.92. The Labute approximate surface area is 114 Å². The van der Waals surface area contributed by atoms with E-state index in [0.717, 1.165) is 12.5 Å². The van der Waals surface area contributed by atoms with Gasteiger partial charge in [0.2, 0.25) is 0 Å². The summed E-state index contributed by atoms with van der Waals surface area (Å²) in [6.45, 7) is 4.96. The van der Waals surface area contributed by atoms with E-state index in [4.69, 9.17) is 0 Å². The zero-order chi connectivity index (χ0) is 12.9. The molecule has 1 nitrogen and oxygen atoms in total. The summed E-state index contributed by atoms with van der Waals surface area (Å²) in [5.74, 6) is 0. The summed E-state index contributed by atoms with van der Waals surface area (Å²) in [6.07, 6.45) is 20.3. The van der Waals surface area contributed by atoms with E-state index in [0.29, 0.717) is 0 Å². The summed E-state index contributed by atoms with van der Waals surface area (Å²) in [5.41, 5.74) is 0. The molecule has 1 rings (SSSR count). The predicted molar refractivity (Wildman–Crippen MR) is 82.0 cm³/mol. The van der Waals surface area contributed by atoms with Crippen LogP contribution in [0.3, 0.4) is 0 Å². The van der Waals surface area contributed by atoms with Crippen LogP contribution in [-0.2, 0) is 0 Å². The first-order valence-electron chi connectivity index (χ1n) is 8.28. The number of rotatable bonds is 5. The Morgan fingerprint density at radius 1 is 0.833 bits per heavy atom. The number of hydrogen-bond acceptors (Lipinski definition) is 1. The van der Waals surface area contributed by atoms with Crippen LogP contribution in [0.2, 0.25) is 0 Å². The average Bonchev–Trinajstić information content (AvgIpc) is 2.37. The Morgan fingerprint density at radius 2 is 1.33 bits per heavy atom. The minimum absolute atomic E-state index is 0.786. The Kier molecular flexibility index (Phi) is 10.3. The molecule has 106 valence electrons. The van der Waals surface area contributed by atoms with E-state index < -0.39 is 0 Å². The maximum Gasteiger partial charge on any atom is 0.00670 e. The van der Waals surface area contributed by atoms with Crippen molar-refractivity contribution in [3.63, 3.8) is 0 Å². The normalized spacial score (nSPS) is 20.9. The largest absolute Gasteiger partial charge is 0.314 e. The molecule has 0 heterocycles. The summed E-state index contributed by atoms with van der Waals surface area (Å²) in [4.78, 5) is 0. The molecular weight excluding hydrogens is 218 g/mol. The topological polar surface area (TPSA) is 12.0 Å². The Balaban J connectivity index is 2.16. The average molecular weight is 251 g/mol. The van der Waals surface area contributed by atoms with E-state index in [9.17, 15) is 0 Å². The third-order valence-electron chi connectivity index (χ3n) is 4.12. The molecule has 0 aromatic carbocycles. The molecule has 0 aliphatic heterocycles. The Hall–Kier alpha value is -0.300. The quantitative estimate of drug-likeness (QED) is 0.522. The molecule has 1 aliphatic carbocycles. The van der Waals surface area contributed by atoms with E-state index in [-0.39, 0.29) is 0 Å². The van der Waals surface area contributed by atoms with Crippen molar-refractivity contribution in [2.24, 2.45) is 0 Å². The van der Waals surface area contributed by atoms with E-state index in [1.807, 2.05) is 6.08 Å². The zero-order valence-electron chi connectivity index (χ0n) is 12.3. The standard InChI is InChI=1S/C17H33N/c1-2-3-13-16-18-17-14-11-9-7-5-4-6-8-10-12-15-17/h2,17-18H,1,3-16H2. The van der Waals surface area contributed by atoms with Gasteiger partial charge in [0.15, 0.2) is 0 Å². The number of hydrogen-bond donors (Lipinski definition) is 1. The van der Waals surface area contributed by atoms with Gasteiger partial charge in [0, 0.05) is 6.04 Å². The summed E-state index contributed by atoms with van der Waals surface area (Å²) < 4.78 is 0. The molecule has 0 unspecified atom stereocenters. The molecule has 0 radical (unpaired) electrons. The van der Waals surface area contributed by atoms with Crippen molar-refractivity contribution in [2.45, 2.75) is 89.5 Å². The molecule has 0 spiro atoms. The van der Waals surface area contributed by atoms with E-state index in [1.54, 1.807) is 0 Å². The lowest BCUT2D eigenvalue weighted by atomic mass is 9.98. The maximum absolute atomic E-state index is 3.79. The Bertz CT molecular complexity index is 176. The fraction of sp³-hybridized carbons (Fsp3) is 0.882. The van der Waals surface area contributed by atoms with Crippen molar-refractivity contribution in [3.8, 4) is 0 Å². The summed E-state index contributed by atoms with van der Waals surface area (Å²) in [5, 5.41) is 3.76. The lowest BCUT2D eigenvalue weighted by Crippen LogP contribution is -2.30. The lowest BCUT2D eigenvalue weighted by Gasteiger charge is -2.19. The van der Waals surface area contributed by atoms with Crippen LogP contribution in [-0.4, -0.2) is 12.6 Å². The van der Waals surface area contributed by atoms with Gasteiger partial charge in [-0.2, -0.15) is 0 Å². The van der Waals surface area contributed by atoms with Gasteiger partial charge < -0.3 is 5.32 Å². The molecule has 1 saturated carbocycles. The Morgan fingerprint density at radius 3 is 1.83 bits per heavy atom. The highest BCUT2D eigenvalue weighted by molar-refractivity contribution is 4.71. The molecule has 1 aliphatic rings. The van der Waals surface area contributed by atoms with Gasteiger partial charge in [-0.25, -0.2) is 0 Å². The summed E-state index contributed by atoms with van der Waals surface area (Å²) >= 11 is 0. The molecule has 1 N–H and O–H groups in total. The first kappa shape index (κ1) is 15.8. The molecule has 0 saturated heterocycles. The van der Waals surface area contributed by atoms with Gasteiger partial charge in [-0.15, -0.1) is 6.58 Å². The van der Waals surface area contributed by atoms with Crippen molar-refractivity contribution < 1.29 is 0 Å². The number of unbranched alkanes of at least 4 members (excludes halogenated alkanes) is 1. The lowest BCUT2D eigenvalue weighted by molar-refractivity contribution is 0.403. The van der Waals surface area contributed by atoms with Crippen LogP contribution in [0.4, 0.5) is 0 Å². The van der Waals surface area contributed by atoms with Gasteiger partial charge in [0.1, 0.15) is 0 Å². The van der Waals surface area contributed by atoms with Gasteiger partial charge >= 0.3 is 0 Å². The van der Waals surface area contributed by atoms with Crippen molar-refractivity contribution in [1.29, 1.82) is 0 Å². The smallest absolute Gasteiger partial charge is 0.00670 e. The van der Waals surface area contributed by atoms with Crippen molar-refractivity contribution in [3.05, 3.63) is 12.7 Å². The van der Waals surface area contributed by atoms with E-state index in [2.05, 4.69) is 11.9 Å². The van der Waals surface area contributed by atoms with Crippen LogP contribution in [0.25, 0.3) is 0 Å². The third-order valence-corrected chi connectivity index (χ3v) is 4.12. The van der Waals surface area contributed by atoms with Crippen LogP contribution in [0.15, 0.2) is 12.7 Å². The molecule has 1 heteroatoms. The molecule has 0 amide bonds. The van der Waals surface area contributed by atoms with Crippen LogP contribution in [0.5, 0.6) is 0 Å². The molecule has 18 heavy (non-hydrogen) atoms. The molecular formula is C17H33N. The number of allylic oxidation sites excluding steroid dienone is 1.